The van der Waals surface area contributed by atoms with Crippen molar-refractivity contribution in [1.29, 1.82) is 0 Å². The molecule has 2 rings (SSSR count). The van der Waals surface area contributed by atoms with Gasteiger partial charge in [-0.3, -0.25) is 14.5 Å². The number of amides is 2. The van der Waals surface area contributed by atoms with Gasteiger partial charge in [0.2, 0.25) is 22.1 Å². The molecule has 1 aliphatic rings. The van der Waals surface area contributed by atoms with Crippen LogP contribution in [0.1, 0.15) is 33.1 Å². The van der Waals surface area contributed by atoms with Crippen LogP contribution in [0.25, 0.3) is 0 Å². The SMILES string of the molecule is CCC(C)NC(=O)CN(C)c1nnc(N2CCCC2=O)s1. The Kier molecular flexibility index (Phi) is 5.11. The molecule has 0 radical (unpaired) electrons. The van der Waals surface area contributed by atoms with Gasteiger partial charge in [0.05, 0.1) is 6.54 Å². The lowest BCUT2D eigenvalue weighted by Crippen LogP contribution is -2.39. The molecule has 1 N–H and O–H groups in total. The predicted molar refractivity (Wildman–Crippen MR) is 82.7 cm³/mol. The van der Waals surface area contributed by atoms with E-state index in [1.165, 1.54) is 11.3 Å². The van der Waals surface area contributed by atoms with Crippen LogP contribution in [0.15, 0.2) is 0 Å². The van der Waals surface area contributed by atoms with Gasteiger partial charge in [0, 0.05) is 26.1 Å². The number of carbonyl (C=O) groups is 2. The molecule has 0 spiro atoms. The van der Waals surface area contributed by atoms with Gasteiger partial charge in [-0.15, -0.1) is 10.2 Å². The van der Waals surface area contributed by atoms with Crippen molar-refractivity contribution in [3.63, 3.8) is 0 Å². The van der Waals surface area contributed by atoms with E-state index in [4.69, 9.17) is 0 Å². The Balaban J connectivity index is 1.94. The van der Waals surface area contributed by atoms with Crippen molar-refractivity contribution in [2.45, 2.75) is 39.2 Å². The number of nitrogens with zero attached hydrogens (tertiary/aromatic N) is 4. The summed E-state index contributed by atoms with van der Waals surface area (Å²) in [5, 5.41) is 12.3. The summed E-state index contributed by atoms with van der Waals surface area (Å²) in [5.74, 6) is 0.0516. The van der Waals surface area contributed by atoms with Crippen molar-refractivity contribution in [3.8, 4) is 0 Å². The maximum absolute atomic E-state index is 11.9. The molecule has 0 aliphatic carbocycles. The lowest BCUT2D eigenvalue weighted by atomic mass is 10.2. The molecule has 0 aromatic carbocycles. The molecule has 8 heteroatoms. The van der Waals surface area contributed by atoms with Gasteiger partial charge < -0.3 is 10.2 Å². The molecule has 2 amide bonds. The summed E-state index contributed by atoms with van der Waals surface area (Å²) < 4.78 is 0. The van der Waals surface area contributed by atoms with Crippen LogP contribution in [0.2, 0.25) is 0 Å². The zero-order valence-electron chi connectivity index (χ0n) is 12.6. The second-order valence-corrected chi connectivity index (χ2v) is 6.18. The molecule has 1 saturated heterocycles. The molecule has 0 bridgehead atoms. The Labute approximate surface area is 128 Å². The summed E-state index contributed by atoms with van der Waals surface area (Å²) in [5.41, 5.74) is 0. The number of hydrogen-bond acceptors (Lipinski definition) is 6. The molecule has 1 aromatic rings. The number of rotatable bonds is 6. The van der Waals surface area contributed by atoms with Crippen LogP contribution in [-0.2, 0) is 9.59 Å². The number of anilines is 2. The van der Waals surface area contributed by atoms with E-state index in [2.05, 4.69) is 15.5 Å². The van der Waals surface area contributed by atoms with E-state index in [1.807, 2.05) is 13.8 Å². The Morgan fingerprint density at radius 2 is 2.29 bits per heavy atom. The third kappa shape index (κ3) is 3.90. The average Bonchev–Trinajstić information content (AvgIpc) is 3.06. The minimum atomic E-state index is -0.0409. The first-order valence-corrected chi connectivity index (χ1v) is 7.97. The van der Waals surface area contributed by atoms with E-state index in [0.29, 0.717) is 23.2 Å². The molecule has 1 aliphatic heterocycles. The maximum atomic E-state index is 11.9. The molecule has 1 unspecified atom stereocenters. The van der Waals surface area contributed by atoms with Crippen molar-refractivity contribution < 1.29 is 9.59 Å². The summed E-state index contributed by atoms with van der Waals surface area (Å²) in [7, 11) is 1.80. The number of hydrogen-bond donors (Lipinski definition) is 1. The molecular formula is C13H21N5O2S. The first-order valence-electron chi connectivity index (χ1n) is 7.15. The van der Waals surface area contributed by atoms with Crippen LogP contribution >= 0.6 is 11.3 Å². The van der Waals surface area contributed by atoms with Crippen LogP contribution < -0.4 is 15.1 Å². The second-order valence-electron chi connectivity index (χ2n) is 5.25. The van der Waals surface area contributed by atoms with E-state index in [0.717, 1.165) is 12.8 Å². The molecule has 2 heterocycles. The van der Waals surface area contributed by atoms with Gasteiger partial charge in [0.15, 0.2) is 0 Å². The zero-order valence-corrected chi connectivity index (χ0v) is 13.4. The van der Waals surface area contributed by atoms with Crippen LogP contribution in [-0.4, -0.2) is 48.2 Å². The van der Waals surface area contributed by atoms with Crippen molar-refractivity contribution in [3.05, 3.63) is 0 Å². The molecule has 1 fully saturated rings. The second kappa shape index (κ2) is 6.84. The average molecular weight is 311 g/mol. The largest absolute Gasteiger partial charge is 0.352 e. The van der Waals surface area contributed by atoms with Crippen LogP contribution in [0.4, 0.5) is 10.3 Å². The van der Waals surface area contributed by atoms with E-state index >= 15 is 0 Å². The topological polar surface area (TPSA) is 78.4 Å². The molecule has 1 aromatic heterocycles. The van der Waals surface area contributed by atoms with E-state index in [1.54, 1.807) is 16.8 Å². The monoisotopic (exact) mass is 311 g/mol. The Bertz CT molecular complexity index is 518. The fraction of sp³-hybridized carbons (Fsp3) is 0.692. The highest BCUT2D eigenvalue weighted by atomic mass is 32.1. The third-order valence-electron chi connectivity index (χ3n) is 3.44. The Hall–Kier alpha value is -1.70. The highest BCUT2D eigenvalue weighted by Gasteiger charge is 2.25. The summed E-state index contributed by atoms with van der Waals surface area (Å²) in [6.45, 7) is 4.93. The van der Waals surface area contributed by atoms with E-state index < -0.39 is 0 Å². The highest BCUT2D eigenvalue weighted by molar-refractivity contribution is 7.19. The highest BCUT2D eigenvalue weighted by Crippen LogP contribution is 2.29. The predicted octanol–water partition coefficient (Wildman–Crippen LogP) is 1.02. The third-order valence-corrected chi connectivity index (χ3v) is 4.50. The minimum absolute atomic E-state index is 0.0409. The zero-order chi connectivity index (χ0) is 15.4. The summed E-state index contributed by atoms with van der Waals surface area (Å²) in [4.78, 5) is 26.9. The number of nitrogens with one attached hydrogen (secondary N) is 1. The maximum Gasteiger partial charge on any atom is 0.239 e. The normalized spacial score (nSPS) is 16.1. The lowest BCUT2D eigenvalue weighted by Gasteiger charge is -2.17. The summed E-state index contributed by atoms with van der Waals surface area (Å²) in [6.07, 6.45) is 2.33. The number of likely N-dealkylation sites (N-methyl/N-ethyl adjacent to an activating group) is 1. The Morgan fingerprint density at radius 3 is 2.90 bits per heavy atom. The molecule has 21 heavy (non-hydrogen) atoms. The van der Waals surface area contributed by atoms with Crippen LogP contribution in [0, 0.1) is 0 Å². The summed E-state index contributed by atoms with van der Waals surface area (Å²) >= 11 is 1.34. The fourth-order valence-electron chi connectivity index (χ4n) is 2.03. The fourth-order valence-corrected chi connectivity index (χ4v) is 2.88. The molecule has 116 valence electrons. The van der Waals surface area contributed by atoms with Crippen molar-refractivity contribution >= 4 is 33.4 Å². The van der Waals surface area contributed by atoms with Crippen LogP contribution in [0.3, 0.4) is 0 Å². The van der Waals surface area contributed by atoms with Gasteiger partial charge in [-0.2, -0.15) is 0 Å². The van der Waals surface area contributed by atoms with Crippen molar-refractivity contribution in [2.24, 2.45) is 0 Å². The van der Waals surface area contributed by atoms with Crippen molar-refractivity contribution in [2.75, 3.05) is 29.9 Å². The van der Waals surface area contributed by atoms with Gasteiger partial charge in [-0.25, -0.2) is 0 Å². The van der Waals surface area contributed by atoms with Gasteiger partial charge >= 0.3 is 0 Å². The smallest absolute Gasteiger partial charge is 0.239 e. The lowest BCUT2D eigenvalue weighted by molar-refractivity contribution is -0.120. The minimum Gasteiger partial charge on any atom is -0.352 e. The van der Waals surface area contributed by atoms with Gasteiger partial charge in [-0.05, 0) is 19.8 Å². The van der Waals surface area contributed by atoms with Gasteiger partial charge in [0.25, 0.3) is 0 Å². The molecule has 0 saturated carbocycles. The number of carbonyl (C=O) groups excluding carboxylic acids is 2. The van der Waals surface area contributed by atoms with Gasteiger partial charge in [-0.1, -0.05) is 18.3 Å². The van der Waals surface area contributed by atoms with E-state index in [-0.39, 0.29) is 24.4 Å². The molecule has 1 atom stereocenters. The first-order chi connectivity index (χ1) is 10.0. The Morgan fingerprint density at radius 1 is 1.52 bits per heavy atom. The number of aromatic nitrogens is 2. The quantitative estimate of drug-likeness (QED) is 0.848. The molecule has 7 nitrogen and oxygen atoms in total. The molecular weight excluding hydrogens is 290 g/mol. The summed E-state index contributed by atoms with van der Waals surface area (Å²) in [6, 6.07) is 0.165. The van der Waals surface area contributed by atoms with Crippen LogP contribution in [0.5, 0.6) is 0 Å². The first kappa shape index (κ1) is 15.7. The van der Waals surface area contributed by atoms with Gasteiger partial charge in [0.1, 0.15) is 0 Å². The van der Waals surface area contributed by atoms with E-state index in [9.17, 15) is 9.59 Å². The van der Waals surface area contributed by atoms with Crippen molar-refractivity contribution in [1.82, 2.24) is 15.5 Å². The standard InChI is InChI=1S/C13H21N5O2S/c1-4-9(2)14-10(19)8-17(3)12-15-16-13(21-12)18-7-5-6-11(18)20/h9H,4-8H2,1-3H3,(H,14,19).